The van der Waals surface area contributed by atoms with Gasteiger partial charge in [0.25, 0.3) is 0 Å². The van der Waals surface area contributed by atoms with Gasteiger partial charge in [0, 0.05) is 0 Å². The molecule has 13 nitrogen and oxygen atoms in total. The van der Waals surface area contributed by atoms with E-state index in [9.17, 15) is 0 Å². The van der Waals surface area contributed by atoms with E-state index in [1.807, 2.05) is 7.05 Å². The van der Waals surface area contributed by atoms with Crippen LogP contribution in [-0.2, 0) is 0 Å². The Hall–Kier alpha value is 0.560. The van der Waals surface area contributed by atoms with Crippen molar-refractivity contribution in [3.8, 4) is 0 Å². The maximum Gasteiger partial charge on any atom is 0.306 e. The van der Waals surface area contributed by atoms with E-state index in [-0.39, 0.29) is 0 Å². The molecule has 0 amide bonds. The van der Waals surface area contributed by atoms with Crippen LogP contribution in [0.4, 0.5) is 0 Å². The second kappa shape index (κ2) is 14.2. The van der Waals surface area contributed by atoms with E-state index in [4.69, 9.17) is 18.3 Å². The van der Waals surface area contributed by atoms with Gasteiger partial charge in [-0.15, -0.1) is 0 Å². The van der Waals surface area contributed by atoms with E-state index in [1.165, 1.54) is 0 Å². The van der Waals surface area contributed by atoms with Gasteiger partial charge in [-0.3, -0.25) is 42.5 Å². The average Bonchev–Trinajstić information content (AvgIpc) is 2.71. The Morgan fingerprint density at radius 2 is 0.711 bits per heavy atom. The maximum atomic E-state index is 5.83. The van der Waals surface area contributed by atoms with Crippen molar-refractivity contribution in [2.24, 2.45) is 18.3 Å². The number of nitrogens with one attached hydrogen (secondary N) is 1. The standard InChI is InChI=1S/C21H61N13P4/c1-21(2,3)23-35(24-36(22-4,27(5)6)28(7)8,25-37(29(9)10,30(11)12)31(13)14)26-38(32(15)16,33(17)18)34(19)20/h22H,1-20H3. The van der Waals surface area contributed by atoms with Crippen molar-refractivity contribution in [3.63, 3.8) is 0 Å². The van der Waals surface area contributed by atoms with Crippen LogP contribution in [0.2, 0.25) is 0 Å². The zero-order chi connectivity index (χ0) is 30.7. The molecule has 230 valence electrons. The van der Waals surface area contributed by atoms with Crippen molar-refractivity contribution >= 4 is 30.0 Å². The highest BCUT2D eigenvalue weighted by Crippen LogP contribution is 2.77. The van der Waals surface area contributed by atoms with Gasteiger partial charge in [-0.1, -0.05) is 0 Å². The third-order valence-corrected chi connectivity index (χ3v) is 21.7. The number of hydrogen-bond donors (Lipinski definition) is 1. The topological polar surface area (TPSA) is 87.4 Å². The highest BCUT2D eigenvalue weighted by Gasteiger charge is 2.41. The molecule has 0 saturated carbocycles. The number of nitrogens with zero attached hydrogens (tertiary/aromatic N) is 12. The van der Waals surface area contributed by atoms with E-state index < -0.39 is 35.6 Å². The molecule has 0 aliphatic heterocycles. The zero-order valence-corrected chi connectivity index (χ0v) is 31.7. The lowest BCUT2D eigenvalue weighted by Gasteiger charge is -2.45. The predicted octanol–water partition coefficient (Wildman–Crippen LogP) is 5.28. The molecule has 0 spiro atoms. The van der Waals surface area contributed by atoms with E-state index in [1.54, 1.807) is 0 Å². The van der Waals surface area contributed by atoms with E-state index >= 15 is 0 Å². The highest BCUT2D eigenvalue weighted by molar-refractivity contribution is 7.80. The first-order chi connectivity index (χ1) is 16.9. The van der Waals surface area contributed by atoms with Crippen LogP contribution in [0.1, 0.15) is 20.8 Å². The number of rotatable bonds is 12. The number of hydrogen-bond acceptors (Lipinski definition) is 1. The third-order valence-electron chi connectivity index (χ3n) is 5.79. The monoisotopic (exact) mass is 619 g/mol. The molecule has 0 aromatic heterocycles. The molecular weight excluding hydrogens is 558 g/mol. The van der Waals surface area contributed by atoms with Gasteiger partial charge >= 0.3 is 7.51 Å². The Labute approximate surface area is 236 Å². The minimum atomic E-state index is -3.18. The van der Waals surface area contributed by atoms with Crippen molar-refractivity contribution in [2.75, 3.05) is 120 Å². The van der Waals surface area contributed by atoms with Crippen LogP contribution < -0.4 is 5.09 Å². The summed E-state index contributed by atoms with van der Waals surface area (Å²) in [6, 6.07) is 0. The van der Waals surface area contributed by atoms with Crippen molar-refractivity contribution in [2.45, 2.75) is 26.3 Å². The summed E-state index contributed by atoms with van der Waals surface area (Å²) < 4.78 is 40.6. The lowest BCUT2D eigenvalue weighted by molar-refractivity contribution is 0.473. The Morgan fingerprint density at radius 3 is 0.868 bits per heavy atom. The van der Waals surface area contributed by atoms with Crippen LogP contribution in [0, 0.1) is 0 Å². The second-order valence-electron chi connectivity index (χ2n) is 11.7. The molecule has 1 N–H and O–H groups in total. The van der Waals surface area contributed by atoms with Crippen LogP contribution in [0.3, 0.4) is 0 Å². The molecule has 0 fully saturated rings. The fourth-order valence-corrected chi connectivity index (χ4v) is 22.5. The first kappa shape index (κ1) is 38.6. The molecule has 0 rings (SSSR count). The normalized spacial score (nSPS) is 14.7. The van der Waals surface area contributed by atoms with Crippen LogP contribution in [0.25, 0.3) is 0 Å². The summed E-state index contributed by atoms with van der Waals surface area (Å²) in [7, 11) is 24.8. The molecule has 0 unspecified atom stereocenters. The van der Waals surface area contributed by atoms with Crippen LogP contribution in [0.5, 0.6) is 0 Å². The van der Waals surface area contributed by atoms with Gasteiger partial charge in [-0.2, -0.15) is 13.5 Å². The Balaban J connectivity index is 9.28. The Bertz CT molecular complexity index is 873. The van der Waals surface area contributed by atoms with Gasteiger partial charge in [-0.25, -0.2) is 4.74 Å². The summed E-state index contributed by atoms with van der Waals surface area (Å²) in [6.45, 7) is 6.36. The fraction of sp³-hybridized carbons (Fsp3) is 1.00. The molecule has 0 saturated heterocycles. The van der Waals surface area contributed by atoms with Crippen LogP contribution in [-0.4, -0.2) is 163 Å². The molecule has 38 heavy (non-hydrogen) atoms. The first-order valence-corrected chi connectivity index (χ1v) is 19.0. The molecule has 0 heterocycles. The van der Waals surface area contributed by atoms with Gasteiger partial charge in [0.05, 0.1) is 5.54 Å². The first-order valence-electron chi connectivity index (χ1n) is 12.6. The fourth-order valence-electron chi connectivity index (χ4n) is 4.59. The van der Waals surface area contributed by atoms with Gasteiger partial charge in [0.15, 0.2) is 22.5 Å². The lowest BCUT2D eigenvalue weighted by atomic mass is 10.1. The largest absolute Gasteiger partial charge is 0.306 e. The molecule has 0 aromatic rings. The molecule has 0 atom stereocenters. The second-order valence-corrected chi connectivity index (χ2v) is 25.3. The summed E-state index contributed by atoms with van der Waals surface area (Å²) in [5, 5.41) is 3.59. The van der Waals surface area contributed by atoms with Crippen molar-refractivity contribution in [3.05, 3.63) is 0 Å². The van der Waals surface area contributed by atoms with E-state index in [2.05, 4.69) is 176 Å². The van der Waals surface area contributed by atoms with Gasteiger partial charge < -0.3 is 0 Å². The predicted molar refractivity (Wildman–Crippen MR) is 176 cm³/mol. The molecule has 17 heteroatoms. The highest BCUT2D eigenvalue weighted by atomic mass is 31.3. The minimum absolute atomic E-state index is 0.437. The van der Waals surface area contributed by atoms with Crippen molar-refractivity contribution in [1.82, 2.24) is 42.5 Å². The van der Waals surface area contributed by atoms with Crippen molar-refractivity contribution in [1.29, 1.82) is 0 Å². The summed E-state index contributed by atoms with van der Waals surface area (Å²) in [4.78, 5) is 0. The molecule has 0 aliphatic carbocycles. The van der Waals surface area contributed by atoms with Gasteiger partial charge in [0.2, 0.25) is 0 Å². The summed E-state index contributed by atoms with van der Waals surface area (Å²) >= 11 is 0. The zero-order valence-electron chi connectivity index (χ0n) is 28.2. The van der Waals surface area contributed by atoms with Crippen LogP contribution >= 0.6 is 30.0 Å². The quantitative estimate of drug-likeness (QED) is 0.293. The smallest absolute Gasteiger partial charge is 0.262 e. The molecular formula is C21H61N13P4. The average molecular weight is 620 g/mol. The minimum Gasteiger partial charge on any atom is -0.262 e. The van der Waals surface area contributed by atoms with Crippen LogP contribution in [0.15, 0.2) is 18.3 Å². The van der Waals surface area contributed by atoms with E-state index in [0.29, 0.717) is 0 Å². The van der Waals surface area contributed by atoms with Gasteiger partial charge in [-0.05, 0) is 141 Å². The Kier molecular flexibility index (Phi) is 14.4. The van der Waals surface area contributed by atoms with E-state index in [0.717, 1.165) is 0 Å². The summed E-state index contributed by atoms with van der Waals surface area (Å²) in [5.41, 5.74) is -0.437. The maximum absolute atomic E-state index is 5.83. The lowest BCUT2D eigenvalue weighted by Crippen LogP contribution is -2.32. The molecule has 0 bridgehead atoms. The molecule has 0 aromatic carbocycles. The Morgan fingerprint density at radius 1 is 0.447 bits per heavy atom. The van der Waals surface area contributed by atoms with Crippen molar-refractivity contribution < 1.29 is 0 Å². The van der Waals surface area contributed by atoms with Gasteiger partial charge in [0.1, 0.15) is 0 Å². The SMILES string of the molecule is CNP(=NP(=NC(C)(C)C)(N=P(N(C)C)(N(C)C)N(C)C)N=P(N(C)C)(N(C)C)N(C)C)(N(C)C)N(C)C. The third kappa shape index (κ3) is 8.10. The molecule has 0 aliphatic rings. The summed E-state index contributed by atoms with van der Waals surface area (Å²) in [6.07, 6.45) is 0. The summed E-state index contributed by atoms with van der Waals surface area (Å²) in [5.74, 6) is 0. The molecule has 0 radical (unpaired) electrons.